The second-order valence-electron chi connectivity index (χ2n) is 6.67. The van der Waals surface area contributed by atoms with Gasteiger partial charge in [0.15, 0.2) is 0 Å². The lowest BCUT2D eigenvalue weighted by Crippen LogP contribution is -2.33. The predicted molar refractivity (Wildman–Crippen MR) is 95.9 cm³/mol. The zero-order valence-electron chi connectivity index (χ0n) is 15.2. The molecular weight excluding hydrogens is 326 g/mol. The van der Waals surface area contributed by atoms with Crippen LogP contribution in [-0.2, 0) is 9.47 Å². The molecule has 0 aliphatic heterocycles. The van der Waals surface area contributed by atoms with Crippen molar-refractivity contribution in [2.45, 2.75) is 45.3 Å². The number of ether oxygens (including phenoxy) is 2. The summed E-state index contributed by atoms with van der Waals surface area (Å²) in [4.78, 5) is 21.8. The molecule has 0 aromatic heterocycles. The van der Waals surface area contributed by atoms with Gasteiger partial charge in [0.25, 0.3) is 5.69 Å². The SMILES string of the molecule is COCC(CCCNC(=O)OC(C)(C)C)Nc1ccc([N+](=O)[O-])cc1. The number of rotatable bonds is 9. The highest BCUT2D eigenvalue weighted by molar-refractivity contribution is 5.67. The van der Waals surface area contributed by atoms with E-state index in [1.165, 1.54) is 12.1 Å². The van der Waals surface area contributed by atoms with Gasteiger partial charge in [-0.15, -0.1) is 0 Å². The Morgan fingerprint density at radius 3 is 2.44 bits per heavy atom. The molecule has 25 heavy (non-hydrogen) atoms. The van der Waals surface area contributed by atoms with Crippen LogP contribution in [0.25, 0.3) is 0 Å². The molecule has 0 saturated carbocycles. The summed E-state index contributed by atoms with van der Waals surface area (Å²) in [6, 6.07) is 6.28. The number of alkyl carbamates (subject to hydrolysis) is 1. The van der Waals surface area contributed by atoms with E-state index in [9.17, 15) is 14.9 Å². The number of benzene rings is 1. The van der Waals surface area contributed by atoms with Crippen LogP contribution in [0.15, 0.2) is 24.3 Å². The Kier molecular flexibility index (Phi) is 8.13. The van der Waals surface area contributed by atoms with E-state index in [4.69, 9.17) is 9.47 Å². The third-order valence-corrected chi connectivity index (χ3v) is 3.21. The van der Waals surface area contributed by atoms with Crippen molar-refractivity contribution in [1.29, 1.82) is 0 Å². The minimum absolute atomic E-state index is 0.0342. The van der Waals surface area contributed by atoms with E-state index in [0.717, 1.165) is 18.5 Å². The first kappa shape index (κ1) is 20.7. The fourth-order valence-electron chi connectivity index (χ4n) is 2.17. The van der Waals surface area contributed by atoms with Gasteiger partial charge < -0.3 is 20.1 Å². The van der Waals surface area contributed by atoms with Crippen molar-refractivity contribution < 1.29 is 19.2 Å². The summed E-state index contributed by atoms with van der Waals surface area (Å²) < 4.78 is 10.4. The Morgan fingerprint density at radius 2 is 1.92 bits per heavy atom. The van der Waals surface area contributed by atoms with Crippen molar-refractivity contribution in [3.8, 4) is 0 Å². The zero-order valence-corrected chi connectivity index (χ0v) is 15.2. The molecule has 0 heterocycles. The maximum Gasteiger partial charge on any atom is 0.407 e. The van der Waals surface area contributed by atoms with Crippen molar-refractivity contribution in [2.75, 3.05) is 25.6 Å². The molecular formula is C17H27N3O5. The highest BCUT2D eigenvalue weighted by atomic mass is 16.6. The van der Waals surface area contributed by atoms with E-state index in [-0.39, 0.29) is 11.7 Å². The molecule has 0 fully saturated rings. The summed E-state index contributed by atoms with van der Waals surface area (Å²) in [5.74, 6) is 0. The lowest BCUT2D eigenvalue weighted by Gasteiger charge is -2.21. The molecule has 0 radical (unpaired) electrons. The average Bonchev–Trinajstić information content (AvgIpc) is 2.50. The van der Waals surface area contributed by atoms with Gasteiger partial charge in [-0.05, 0) is 45.7 Å². The molecule has 0 aliphatic carbocycles. The van der Waals surface area contributed by atoms with Gasteiger partial charge in [-0.1, -0.05) is 0 Å². The fraction of sp³-hybridized carbons (Fsp3) is 0.588. The first-order valence-corrected chi connectivity index (χ1v) is 8.18. The third-order valence-electron chi connectivity index (χ3n) is 3.21. The number of methoxy groups -OCH3 is 1. The summed E-state index contributed by atoms with van der Waals surface area (Å²) in [5, 5.41) is 16.7. The molecule has 0 spiro atoms. The predicted octanol–water partition coefficient (Wildman–Crippen LogP) is 3.33. The van der Waals surface area contributed by atoms with Crippen molar-refractivity contribution in [3.63, 3.8) is 0 Å². The number of nitrogens with one attached hydrogen (secondary N) is 2. The van der Waals surface area contributed by atoms with Crippen LogP contribution in [0.3, 0.4) is 0 Å². The molecule has 8 nitrogen and oxygen atoms in total. The Morgan fingerprint density at radius 1 is 1.28 bits per heavy atom. The highest BCUT2D eigenvalue weighted by Gasteiger charge is 2.16. The Hall–Kier alpha value is -2.35. The molecule has 1 atom stereocenters. The number of carbonyl (C=O) groups excluding carboxylic acids is 1. The highest BCUT2D eigenvalue weighted by Crippen LogP contribution is 2.17. The topological polar surface area (TPSA) is 103 Å². The smallest absolute Gasteiger partial charge is 0.407 e. The number of nitro groups is 1. The van der Waals surface area contributed by atoms with Gasteiger partial charge in [0.1, 0.15) is 5.60 Å². The molecule has 0 saturated heterocycles. The lowest BCUT2D eigenvalue weighted by atomic mass is 10.1. The fourth-order valence-corrected chi connectivity index (χ4v) is 2.17. The van der Waals surface area contributed by atoms with Crippen LogP contribution in [0.2, 0.25) is 0 Å². The van der Waals surface area contributed by atoms with Crippen LogP contribution >= 0.6 is 0 Å². The van der Waals surface area contributed by atoms with Crippen molar-refractivity contribution in [1.82, 2.24) is 5.32 Å². The van der Waals surface area contributed by atoms with Crippen LogP contribution in [0.4, 0.5) is 16.2 Å². The number of carbonyl (C=O) groups is 1. The monoisotopic (exact) mass is 353 g/mol. The van der Waals surface area contributed by atoms with E-state index >= 15 is 0 Å². The number of anilines is 1. The van der Waals surface area contributed by atoms with Gasteiger partial charge in [0, 0.05) is 37.5 Å². The quantitative estimate of drug-likeness (QED) is 0.401. The van der Waals surface area contributed by atoms with E-state index in [0.29, 0.717) is 13.2 Å². The van der Waals surface area contributed by atoms with E-state index in [1.807, 2.05) is 20.8 Å². The van der Waals surface area contributed by atoms with Crippen LogP contribution in [0.5, 0.6) is 0 Å². The molecule has 1 amide bonds. The van der Waals surface area contributed by atoms with Crippen molar-refractivity contribution in [2.24, 2.45) is 0 Å². The maximum absolute atomic E-state index is 11.6. The molecule has 0 aliphatic rings. The van der Waals surface area contributed by atoms with Gasteiger partial charge in [0.2, 0.25) is 0 Å². The standard InChI is InChI=1S/C17H27N3O5/c1-17(2,3)25-16(21)18-11-5-6-14(12-24-4)19-13-7-9-15(10-8-13)20(22)23/h7-10,14,19H,5-6,11-12H2,1-4H3,(H,18,21). The van der Waals surface area contributed by atoms with Gasteiger partial charge in [0.05, 0.1) is 11.5 Å². The molecule has 1 aromatic rings. The largest absolute Gasteiger partial charge is 0.444 e. The molecule has 1 unspecified atom stereocenters. The van der Waals surface area contributed by atoms with Gasteiger partial charge in [-0.2, -0.15) is 0 Å². The van der Waals surface area contributed by atoms with Gasteiger partial charge in [-0.3, -0.25) is 10.1 Å². The molecule has 1 aromatic carbocycles. The molecule has 140 valence electrons. The van der Waals surface area contributed by atoms with E-state index < -0.39 is 16.6 Å². The van der Waals surface area contributed by atoms with Crippen molar-refractivity contribution in [3.05, 3.63) is 34.4 Å². The average molecular weight is 353 g/mol. The first-order valence-electron chi connectivity index (χ1n) is 8.18. The maximum atomic E-state index is 11.6. The summed E-state index contributed by atoms with van der Waals surface area (Å²) in [7, 11) is 1.61. The normalized spacial score (nSPS) is 12.3. The second kappa shape index (κ2) is 9.83. The van der Waals surface area contributed by atoms with E-state index in [2.05, 4.69) is 10.6 Å². The summed E-state index contributed by atoms with van der Waals surface area (Å²) in [5.41, 5.74) is 0.323. The molecule has 8 heteroatoms. The van der Waals surface area contributed by atoms with Crippen LogP contribution in [-0.4, -0.2) is 42.9 Å². The van der Waals surface area contributed by atoms with Crippen molar-refractivity contribution >= 4 is 17.5 Å². The second-order valence-corrected chi connectivity index (χ2v) is 6.67. The summed E-state index contributed by atoms with van der Waals surface area (Å²) in [6.07, 6.45) is 1.08. The number of non-ortho nitro benzene ring substituents is 1. The van der Waals surface area contributed by atoms with Crippen LogP contribution in [0, 0.1) is 10.1 Å². The number of nitrogens with zero attached hydrogens (tertiary/aromatic N) is 1. The minimum Gasteiger partial charge on any atom is -0.444 e. The molecule has 1 rings (SSSR count). The van der Waals surface area contributed by atoms with E-state index in [1.54, 1.807) is 19.2 Å². The number of nitro benzene ring substituents is 1. The Labute approximate surface area is 148 Å². The summed E-state index contributed by atoms with van der Waals surface area (Å²) >= 11 is 0. The van der Waals surface area contributed by atoms with Gasteiger partial charge in [-0.25, -0.2) is 4.79 Å². The zero-order chi connectivity index (χ0) is 18.9. The van der Waals surface area contributed by atoms with Crippen LogP contribution < -0.4 is 10.6 Å². The first-order chi connectivity index (χ1) is 11.7. The van der Waals surface area contributed by atoms with Crippen LogP contribution in [0.1, 0.15) is 33.6 Å². The lowest BCUT2D eigenvalue weighted by molar-refractivity contribution is -0.384. The molecule has 2 N–H and O–H groups in total. The Bertz CT molecular complexity index is 554. The number of amides is 1. The molecule has 0 bridgehead atoms. The van der Waals surface area contributed by atoms with Gasteiger partial charge >= 0.3 is 6.09 Å². The number of hydrogen-bond donors (Lipinski definition) is 2. The Balaban J connectivity index is 2.41. The summed E-state index contributed by atoms with van der Waals surface area (Å²) in [6.45, 7) is 6.43. The minimum atomic E-state index is -0.514. The third kappa shape index (κ3) is 8.90. The number of hydrogen-bond acceptors (Lipinski definition) is 6.